The van der Waals surface area contributed by atoms with Gasteiger partial charge in [-0.2, -0.15) is 5.10 Å². The van der Waals surface area contributed by atoms with Gasteiger partial charge in [-0.25, -0.2) is 4.98 Å². The van der Waals surface area contributed by atoms with Gasteiger partial charge < -0.3 is 5.73 Å². The lowest BCUT2D eigenvalue weighted by molar-refractivity contribution is 1.05. The van der Waals surface area contributed by atoms with Gasteiger partial charge >= 0.3 is 0 Å². The summed E-state index contributed by atoms with van der Waals surface area (Å²) in [4.78, 5) is 4.16. The predicted molar refractivity (Wildman–Crippen MR) is 49.4 cm³/mol. The Morgan fingerprint density at radius 1 is 1.33 bits per heavy atom. The van der Waals surface area contributed by atoms with Gasteiger partial charge in [-0.15, -0.1) is 5.10 Å². The first kappa shape index (κ1) is 7.42. The second kappa shape index (κ2) is 2.67. The van der Waals surface area contributed by atoms with Crippen LogP contribution in [-0.2, 0) is 0 Å². The molecule has 2 rings (SSSR count). The summed E-state index contributed by atoms with van der Waals surface area (Å²) in [6.07, 6.45) is 1.63. The number of fused-ring (bicyclic) bond motifs is 1. The molecule has 0 saturated heterocycles. The Morgan fingerprint density at radius 2 is 2.17 bits per heavy atom. The van der Waals surface area contributed by atoms with Crippen molar-refractivity contribution in [2.45, 2.75) is 0 Å². The fraction of sp³-hybridized carbons (Fsp3) is 0. The molecule has 60 valence electrons. The van der Waals surface area contributed by atoms with Gasteiger partial charge in [0.2, 0.25) is 0 Å². The first-order valence-corrected chi connectivity index (χ1v) is 4.10. The highest BCUT2D eigenvalue weighted by Crippen LogP contribution is 2.17. The maximum Gasteiger partial charge on any atom is 0.172 e. The summed E-state index contributed by atoms with van der Waals surface area (Å²) < 4.78 is 0.745. The van der Waals surface area contributed by atoms with Crippen LogP contribution in [-0.4, -0.2) is 15.2 Å². The zero-order valence-electron chi connectivity index (χ0n) is 6.03. The summed E-state index contributed by atoms with van der Waals surface area (Å²) in [6, 6.07) is 3.72. The van der Waals surface area contributed by atoms with Crippen LogP contribution in [0.4, 0.5) is 5.82 Å². The van der Waals surface area contributed by atoms with E-state index in [2.05, 4.69) is 31.1 Å². The van der Waals surface area contributed by atoms with Gasteiger partial charge in [-0.1, -0.05) is 0 Å². The molecule has 5 heteroatoms. The van der Waals surface area contributed by atoms with Crippen LogP contribution in [0.1, 0.15) is 0 Å². The standard InChI is InChI=1S/C7H5BrN4/c8-5-2-1-4-3-10-12-7(9)6(4)11-5/h1-3H,(H2,9,12). The summed E-state index contributed by atoms with van der Waals surface area (Å²) in [6.45, 7) is 0. The van der Waals surface area contributed by atoms with Gasteiger partial charge in [-0.3, -0.25) is 0 Å². The minimum absolute atomic E-state index is 0.355. The number of hydrogen-bond acceptors (Lipinski definition) is 4. The molecule has 2 aromatic heterocycles. The molecule has 0 aliphatic heterocycles. The number of hydrogen-bond donors (Lipinski definition) is 1. The Kier molecular flexibility index (Phi) is 1.65. The van der Waals surface area contributed by atoms with E-state index in [9.17, 15) is 0 Å². The van der Waals surface area contributed by atoms with E-state index in [1.165, 1.54) is 0 Å². The number of aromatic nitrogens is 3. The van der Waals surface area contributed by atoms with E-state index in [4.69, 9.17) is 5.73 Å². The first-order valence-electron chi connectivity index (χ1n) is 3.31. The summed E-state index contributed by atoms with van der Waals surface area (Å²) in [5, 5.41) is 8.30. The number of anilines is 1. The van der Waals surface area contributed by atoms with Crippen LogP contribution < -0.4 is 5.73 Å². The van der Waals surface area contributed by atoms with Gasteiger partial charge in [0.05, 0.1) is 6.20 Å². The molecule has 2 N–H and O–H groups in total. The number of pyridine rings is 1. The third kappa shape index (κ3) is 1.12. The fourth-order valence-corrected chi connectivity index (χ4v) is 1.27. The van der Waals surface area contributed by atoms with Crippen molar-refractivity contribution in [3.05, 3.63) is 22.9 Å². The maximum absolute atomic E-state index is 5.57. The topological polar surface area (TPSA) is 64.7 Å². The predicted octanol–water partition coefficient (Wildman–Crippen LogP) is 1.37. The van der Waals surface area contributed by atoms with E-state index >= 15 is 0 Å². The molecule has 0 unspecified atom stereocenters. The van der Waals surface area contributed by atoms with Crippen LogP contribution in [0.2, 0.25) is 0 Å². The molecule has 0 amide bonds. The summed E-state index contributed by atoms with van der Waals surface area (Å²) in [7, 11) is 0. The largest absolute Gasteiger partial charge is 0.380 e. The molecule has 2 aromatic rings. The highest BCUT2D eigenvalue weighted by Gasteiger charge is 2.00. The van der Waals surface area contributed by atoms with Gasteiger partial charge in [0.1, 0.15) is 10.1 Å². The summed E-state index contributed by atoms with van der Waals surface area (Å²) >= 11 is 3.25. The average molecular weight is 225 g/mol. The minimum atomic E-state index is 0.355. The molecule has 12 heavy (non-hydrogen) atoms. The molecule has 0 spiro atoms. The van der Waals surface area contributed by atoms with E-state index in [-0.39, 0.29) is 0 Å². The van der Waals surface area contributed by atoms with E-state index < -0.39 is 0 Å². The quantitative estimate of drug-likeness (QED) is 0.687. The number of nitrogens with zero attached hydrogens (tertiary/aromatic N) is 3. The molecule has 4 nitrogen and oxygen atoms in total. The van der Waals surface area contributed by atoms with Crippen molar-refractivity contribution in [3.8, 4) is 0 Å². The first-order chi connectivity index (χ1) is 5.77. The van der Waals surface area contributed by atoms with Crippen LogP contribution in [0.5, 0.6) is 0 Å². The van der Waals surface area contributed by atoms with E-state index in [1.54, 1.807) is 6.20 Å². The molecule has 0 saturated carbocycles. The molecule has 0 bridgehead atoms. The number of rotatable bonds is 0. The molecule has 0 fully saturated rings. The Bertz CT molecular complexity index is 429. The second-order valence-electron chi connectivity index (χ2n) is 2.30. The average Bonchev–Trinajstić information content (AvgIpc) is 2.07. The van der Waals surface area contributed by atoms with Gasteiger partial charge in [-0.05, 0) is 28.1 Å². The molecule has 2 heterocycles. The number of halogens is 1. The lowest BCUT2D eigenvalue weighted by Crippen LogP contribution is -1.95. The molecule has 0 atom stereocenters. The van der Waals surface area contributed by atoms with Crippen molar-refractivity contribution in [2.75, 3.05) is 5.73 Å². The maximum atomic E-state index is 5.57. The van der Waals surface area contributed by atoms with Crippen LogP contribution in [0.3, 0.4) is 0 Å². The molecule has 0 aliphatic carbocycles. The lowest BCUT2D eigenvalue weighted by atomic mass is 10.3. The monoisotopic (exact) mass is 224 g/mol. The molecular formula is C7H5BrN4. The molecule has 0 aliphatic rings. The molecule has 0 aromatic carbocycles. The SMILES string of the molecule is Nc1nncc2ccc(Br)nc12. The Balaban J connectivity index is 2.88. The summed E-state index contributed by atoms with van der Waals surface area (Å²) in [5.74, 6) is 0.355. The van der Waals surface area contributed by atoms with Crippen LogP contribution in [0.25, 0.3) is 10.9 Å². The third-order valence-electron chi connectivity index (χ3n) is 1.50. The van der Waals surface area contributed by atoms with Crippen molar-refractivity contribution in [1.29, 1.82) is 0 Å². The van der Waals surface area contributed by atoms with E-state index in [0.717, 1.165) is 9.99 Å². The van der Waals surface area contributed by atoms with Crippen molar-refractivity contribution in [1.82, 2.24) is 15.2 Å². The zero-order chi connectivity index (χ0) is 8.55. The zero-order valence-corrected chi connectivity index (χ0v) is 7.62. The molecular weight excluding hydrogens is 220 g/mol. The van der Waals surface area contributed by atoms with E-state index in [0.29, 0.717) is 11.3 Å². The number of nitrogen functional groups attached to an aromatic ring is 1. The Hall–Kier alpha value is -1.23. The lowest BCUT2D eigenvalue weighted by Gasteiger charge is -1.97. The van der Waals surface area contributed by atoms with Crippen molar-refractivity contribution in [2.24, 2.45) is 0 Å². The van der Waals surface area contributed by atoms with Gasteiger partial charge in [0, 0.05) is 5.39 Å². The Labute approximate surface area is 76.9 Å². The minimum Gasteiger partial charge on any atom is -0.380 e. The van der Waals surface area contributed by atoms with E-state index in [1.807, 2.05) is 12.1 Å². The van der Waals surface area contributed by atoms with Crippen LogP contribution in [0, 0.1) is 0 Å². The Morgan fingerprint density at radius 3 is 3.00 bits per heavy atom. The highest BCUT2D eigenvalue weighted by atomic mass is 79.9. The molecule has 0 radical (unpaired) electrons. The highest BCUT2D eigenvalue weighted by molar-refractivity contribution is 9.10. The van der Waals surface area contributed by atoms with Crippen LogP contribution >= 0.6 is 15.9 Å². The van der Waals surface area contributed by atoms with Crippen molar-refractivity contribution in [3.63, 3.8) is 0 Å². The fourth-order valence-electron chi connectivity index (χ4n) is 0.956. The normalized spacial score (nSPS) is 10.4. The number of nitrogens with two attached hydrogens (primary N) is 1. The summed E-state index contributed by atoms with van der Waals surface area (Å²) in [5.41, 5.74) is 6.25. The van der Waals surface area contributed by atoms with Gasteiger partial charge in [0.25, 0.3) is 0 Å². The van der Waals surface area contributed by atoms with Crippen molar-refractivity contribution < 1.29 is 0 Å². The van der Waals surface area contributed by atoms with Crippen molar-refractivity contribution >= 4 is 32.7 Å². The second-order valence-corrected chi connectivity index (χ2v) is 3.11. The van der Waals surface area contributed by atoms with Gasteiger partial charge in [0.15, 0.2) is 5.82 Å². The smallest absolute Gasteiger partial charge is 0.172 e. The van der Waals surface area contributed by atoms with Crippen LogP contribution in [0.15, 0.2) is 22.9 Å². The third-order valence-corrected chi connectivity index (χ3v) is 1.94.